The van der Waals surface area contributed by atoms with Gasteiger partial charge in [-0.05, 0) is 38.5 Å². The molecule has 1 aliphatic heterocycles. The molecule has 1 aromatic rings. The van der Waals surface area contributed by atoms with Gasteiger partial charge in [-0.3, -0.25) is 14.7 Å². The van der Waals surface area contributed by atoms with Crippen LogP contribution in [0.3, 0.4) is 0 Å². The summed E-state index contributed by atoms with van der Waals surface area (Å²) in [5, 5.41) is 0. The molecule has 110 valence electrons. The van der Waals surface area contributed by atoms with Gasteiger partial charge in [-0.15, -0.1) is 0 Å². The SMILES string of the molecule is CC(c1ccncc1)N1CCN(C(=O)C(C)(C)N)CC1. The van der Waals surface area contributed by atoms with Gasteiger partial charge in [0.15, 0.2) is 0 Å². The van der Waals surface area contributed by atoms with Crippen molar-refractivity contribution in [3.63, 3.8) is 0 Å². The van der Waals surface area contributed by atoms with E-state index in [4.69, 9.17) is 5.73 Å². The molecule has 2 heterocycles. The van der Waals surface area contributed by atoms with Crippen molar-refractivity contribution in [2.45, 2.75) is 32.4 Å². The first-order valence-corrected chi connectivity index (χ1v) is 7.12. The number of nitrogens with zero attached hydrogens (tertiary/aromatic N) is 3. The standard InChI is InChI=1S/C15H24N4O/c1-12(13-4-6-17-7-5-13)18-8-10-19(11-9-18)14(20)15(2,3)16/h4-7,12H,8-11,16H2,1-3H3. The molecule has 0 saturated carbocycles. The molecule has 1 atom stereocenters. The molecule has 1 aromatic heterocycles. The number of amides is 1. The Labute approximate surface area is 120 Å². The molecule has 0 bridgehead atoms. The quantitative estimate of drug-likeness (QED) is 0.895. The number of nitrogens with two attached hydrogens (primary N) is 1. The van der Waals surface area contributed by atoms with Crippen LogP contribution in [0.2, 0.25) is 0 Å². The molecule has 1 aliphatic rings. The molecule has 1 amide bonds. The monoisotopic (exact) mass is 276 g/mol. The molecule has 5 nitrogen and oxygen atoms in total. The third kappa shape index (κ3) is 3.35. The lowest BCUT2D eigenvalue weighted by molar-refractivity contribution is -0.137. The van der Waals surface area contributed by atoms with Gasteiger partial charge in [0.25, 0.3) is 0 Å². The molecule has 0 radical (unpaired) electrons. The number of hydrogen-bond donors (Lipinski definition) is 1. The summed E-state index contributed by atoms with van der Waals surface area (Å²) in [5.41, 5.74) is 6.37. The Bertz CT molecular complexity index is 447. The highest BCUT2D eigenvalue weighted by Crippen LogP contribution is 2.21. The largest absolute Gasteiger partial charge is 0.339 e. The predicted octanol–water partition coefficient (Wildman–Crippen LogP) is 1.02. The summed E-state index contributed by atoms with van der Waals surface area (Å²) in [6.45, 7) is 8.97. The van der Waals surface area contributed by atoms with E-state index in [1.165, 1.54) is 5.56 Å². The van der Waals surface area contributed by atoms with E-state index in [-0.39, 0.29) is 5.91 Å². The molecule has 20 heavy (non-hydrogen) atoms. The van der Waals surface area contributed by atoms with Gasteiger partial charge in [0.2, 0.25) is 5.91 Å². The van der Waals surface area contributed by atoms with E-state index >= 15 is 0 Å². The van der Waals surface area contributed by atoms with Crippen LogP contribution in [-0.2, 0) is 4.79 Å². The Morgan fingerprint density at radius 3 is 2.30 bits per heavy atom. The van der Waals surface area contributed by atoms with E-state index in [9.17, 15) is 4.79 Å². The summed E-state index contributed by atoms with van der Waals surface area (Å²) in [7, 11) is 0. The first-order chi connectivity index (χ1) is 9.39. The average molecular weight is 276 g/mol. The Morgan fingerprint density at radius 2 is 1.80 bits per heavy atom. The third-order valence-electron chi connectivity index (χ3n) is 3.89. The molecule has 0 aromatic carbocycles. The van der Waals surface area contributed by atoms with E-state index < -0.39 is 5.54 Å². The first-order valence-electron chi connectivity index (χ1n) is 7.12. The number of carbonyl (C=O) groups is 1. The van der Waals surface area contributed by atoms with Crippen molar-refractivity contribution in [2.75, 3.05) is 26.2 Å². The number of rotatable bonds is 3. The average Bonchev–Trinajstić information content (AvgIpc) is 2.46. The van der Waals surface area contributed by atoms with Crippen molar-refractivity contribution in [1.29, 1.82) is 0 Å². The molecular formula is C15H24N4O. The van der Waals surface area contributed by atoms with E-state index in [1.54, 1.807) is 13.8 Å². The zero-order chi connectivity index (χ0) is 14.8. The van der Waals surface area contributed by atoms with Crippen LogP contribution in [0, 0.1) is 0 Å². The summed E-state index contributed by atoms with van der Waals surface area (Å²) < 4.78 is 0. The molecule has 0 spiro atoms. The summed E-state index contributed by atoms with van der Waals surface area (Å²) in [4.78, 5) is 20.5. The van der Waals surface area contributed by atoms with Crippen molar-refractivity contribution >= 4 is 5.91 Å². The van der Waals surface area contributed by atoms with E-state index in [2.05, 4.69) is 16.8 Å². The molecule has 1 fully saturated rings. The van der Waals surface area contributed by atoms with E-state index in [0.29, 0.717) is 6.04 Å². The maximum absolute atomic E-state index is 12.1. The van der Waals surface area contributed by atoms with Gasteiger partial charge in [-0.25, -0.2) is 0 Å². The Balaban J connectivity index is 1.93. The summed E-state index contributed by atoms with van der Waals surface area (Å²) in [6, 6.07) is 4.44. The minimum Gasteiger partial charge on any atom is -0.339 e. The third-order valence-corrected chi connectivity index (χ3v) is 3.89. The van der Waals surface area contributed by atoms with Crippen molar-refractivity contribution in [3.05, 3.63) is 30.1 Å². The second-order valence-electron chi connectivity index (χ2n) is 6.01. The van der Waals surface area contributed by atoms with Gasteiger partial charge in [0.1, 0.15) is 0 Å². The van der Waals surface area contributed by atoms with Crippen LogP contribution < -0.4 is 5.73 Å². The Hall–Kier alpha value is -1.46. The summed E-state index contributed by atoms with van der Waals surface area (Å²) >= 11 is 0. The van der Waals surface area contributed by atoms with Gasteiger partial charge in [0.05, 0.1) is 5.54 Å². The van der Waals surface area contributed by atoms with Crippen molar-refractivity contribution in [2.24, 2.45) is 5.73 Å². The zero-order valence-electron chi connectivity index (χ0n) is 12.5. The summed E-state index contributed by atoms with van der Waals surface area (Å²) in [5.74, 6) is 0.0358. The lowest BCUT2D eigenvalue weighted by atomic mass is 10.0. The topological polar surface area (TPSA) is 62.5 Å². The van der Waals surface area contributed by atoms with Crippen LogP contribution in [0.25, 0.3) is 0 Å². The highest BCUT2D eigenvalue weighted by Gasteiger charge is 2.31. The van der Waals surface area contributed by atoms with Crippen LogP contribution >= 0.6 is 0 Å². The Kier molecular flexibility index (Phi) is 4.40. The maximum Gasteiger partial charge on any atom is 0.242 e. The minimum absolute atomic E-state index is 0.0358. The fourth-order valence-corrected chi connectivity index (χ4v) is 2.57. The normalized spacial score (nSPS) is 18.9. The minimum atomic E-state index is -0.779. The lowest BCUT2D eigenvalue weighted by Crippen LogP contribution is -2.57. The van der Waals surface area contributed by atoms with Crippen molar-refractivity contribution < 1.29 is 4.79 Å². The van der Waals surface area contributed by atoms with Crippen molar-refractivity contribution in [3.8, 4) is 0 Å². The van der Waals surface area contributed by atoms with Gasteiger partial charge >= 0.3 is 0 Å². The molecule has 1 saturated heterocycles. The van der Waals surface area contributed by atoms with Crippen LogP contribution in [0.5, 0.6) is 0 Å². The maximum atomic E-state index is 12.1. The number of hydrogen-bond acceptors (Lipinski definition) is 4. The van der Waals surface area contributed by atoms with Crippen LogP contribution in [-0.4, -0.2) is 52.4 Å². The lowest BCUT2D eigenvalue weighted by Gasteiger charge is -2.40. The smallest absolute Gasteiger partial charge is 0.242 e. The van der Waals surface area contributed by atoms with Gasteiger partial charge in [-0.1, -0.05) is 0 Å². The van der Waals surface area contributed by atoms with Crippen LogP contribution in [0.15, 0.2) is 24.5 Å². The van der Waals surface area contributed by atoms with Gasteiger partial charge in [0, 0.05) is 44.6 Å². The summed E-state index contributed by atoms with van der Waals surface area (Å²) in [6.07, 6.45) is 3.64. The van der Waals surface area contributed by atoms with Crippen molar-refractivity contribution in [1.82, 2.24) is 14.8 Å². The fourth-order valence-electron chi connectivity index (χ4n) is 2.57. The zero-order valence-corrected chi connectivity index (χ0v) is 12.5. The molecule has 2 rings (SSSR count). The molecule has 2 N–H and O–H groups in total. The van der Waals surface area contributed by atoms with E-state index in [0.717, 1.165) is 26.2 Å². The van der Waals surface area contributed by atoms with Crippen LogP contribution in [0.4, 0.5) is 0 Å². The fraction of sp³-hybridized carbons (Fsp3) is 0.600. The molecule has 1 unspecified atom stereocenters. The van der Waals surface area contributed by atoms with E-state index in [1.807, 2.05) is 29.4 Å². The number of aromatic nitrogens is 1. The number of carbonyl (C=O) groups excluding carboxylic acids is 1. The van der Waals surface area contributed by atoms with Crippen LogP contribution in [0.1, 0.15) is 32.4 Å². The molecular weight excluding hydrogens is 252 g/mol. The molecule has 0 aliphatic carbocycles. The van der Waals surface area contributed by atoms with Gasteiger partial charge < -0.3 is 10.6 Å². The second kappa shape index (κ2) is 5.89. The Morgan fingerprint density at radius 1 is 1.25 bits per heavy atom. The van der Waals surface area contributed by atoms with Gasteiger partial charge in [-0.2, -0.15) is 0 Å². The predicted molar refractivity (Wildman–Crippen MR) is 79.1 cm³/mol. The number of pyridine rings is 1. The second-order valence-corrected chi connectivity index (χ2v) is 6.01. The number of piperazine rings is 1. The first kappa shape index (κ1) is 14.9. The highest BCUT2D eigenvalue weighted by atomic mass is 16.2. The highest BCUT2D eigenvalue weighted by molar-refractivity contribution is 5.85. The molecule has 5 heteroatoms.